The summed E-state index contributed by atoms with van der Waals surface area (Å²) in [7, 11) is 0. The van der Waals surface area contributed by atoms with Crippen molar-refractivity contribution >= 4 is 0 Å². The maximum Gasteiger partial charge on any atom is 0.149 e. The van der Waals surface area contributed by atoms with Gasteiger partial charge in [-0.25, -0.2) is 0 Å². The van der Waals surface area contributed by atoms with Crippen LogP contribution in [0.1, 0.15) is 27.7 Å². The van der Waals surface area contributed by atoms with Crippen LogP contribution in [0.2, 0.25) is 0 Å². The number of nitrogens with zero attached hydrogens (tertiary/aromatic N) is 2. The quantitative estimate of drug-likeness (QED) is 0.348. The molecule has 0 unspecified atom stereocenters. The molecule has 0 amide bonds. The maximum absolute atomic E-state index is 5.26. The van der Waals surface area contributed by atoms with Crippen molar-refractivity contribution in [1.29, 1.82) is 0 Å². The van der Waals surface area contributed by atoms with E-state index in [9.17, 15) is 0 Å². The van der Waals surface area contributed by atoms with Gasteiger partial charge in [0.05, 0.1) is 13.1 Å². The third kappa shape index (κ3) is 12.4. The first-order valence-corrected chi connectivity index (χ1v) is 7.79. The summed E-state index contributed by atoms with van der Waals surface area (Å²) in [5, 5.41) is 0. The Morgan fingerprint density at radius 2 is 1.00 bits per heavy atom. The van der Waals surface area contributed by atoms with Crippen molar-refractivity contribution in [3.63, 3.8) is 0 Å². The highest BCUT2D eigenvalue weighted by Gasteiger charge is 1.93. The van der Waals surface area contributed by atoms with Crippen LogP contribution in [0.4, 0.5) is 0 Å². The van der Waals surface area contributed by atoms with Crippen molar-refractivity contribution in [1.82, 2.24) is 9.80 Å². The van der Waals surface area contributed by atoms with E-state index >= 15 is 0 Å². The molecule has 0 aromatic heterocycles. The molecule has 120 valence electrons. The zero-order chi connectivity index (χ0) is 15.8. The summed E-state index contributed by atoms with van der Waals surface area (Å²) >= 11 is 0. The molecule has 0 spiro atoms. The lowest BCUT2D eigenvalue weighted by molar-refractivity contribution is -0.0294. The van der Waals surface area contributed by atoms with Crippen LogP contribution in [0.15, 0.2) is 0 Å². The Morgan fingerprint density at radius 3 is 1.33 bits per heavy atom. The Bertz CT molecular complexity index is 307. The second-order valence-corrected chi connectivity index (χ2v) is 4.44. The van der Waals surface area contributed by atoms with Crippen molar-refractivity contribution in [3.05, 3.63) is 0 Å². The summed E-state index contributed by atoms with van der Waals surface area (Å²) < 4.78 is 10.5. The first-order valence-electron chi connectivity index (χ1n) is 7.79. The molecule has 0 N–H and O–H groups in total. The minimum absolute atomic E-state index is 0.250. The van der Waals surface area contributed by atoms with Crippen LogP contribution in [-0.4, -0.2) is 69.1 Å². The monoisotopic (exact) mass is 294 g/mol. The van der Waals surface area contributed by atoms with E-state index in [1.165, 1.54) is 0 Å². The molecule has 0 rings (SSSR count). The third-order valence-electron chi connectivity index (χ3n) is 3.16. The van der Waals surface area contributed by atoms with Gasteiger partial charge in [0.15, 0.2) is 0 Å². The van der Waals surface area contributed by atoms with E-state index in [-0.39, 0.29) is 6.79 Å². The van der Waals surface area contributed by atoms with Crippen LogP contribution >= 0.6 is 0 Å². The molecule has 0 aliphatic heterocycles. The van der Waals surface area contributed by atoms with E-state index in [4.69, 9.17) is 9.47 Å². The Hall–Kier alpha value is -1.04. The predicted molar refractivity (Wildman–Crippen MR) is 87.9 cm³/mol. The van der Waals surface area contributed by atoms with Gasteiger partial charge in [-0.05, 0) is 26.2 Å². The Balaban J connectivity index is 3.49. The molecule has 0 saturated carbocycles. The second-order valence-electron chi connectivity index (χ2n) is 4.44. The predicted octanol–water partition coefficient (Wildman–Crippen LogP) is 1.67. The minimum atomic E-state index is 0.250. The van der Waals surface area contributed by atoms with Crippen LogP contribution in [-0.2, 0) is 9.47 Å². The molecule has 0 aliphatic rings. The maximum atomic E-state index is 5.26. The molecular weight excluding hydrogens is 264 g/mol. The summed E-state index contributed by atoms with van der Waals surface area (Å²) in [5.74, 6) is 12.1. The zero-order valence-electron chi connectivity index (χ0n) is 14.1. The molecule has 0 fully saturated rings. The first-order chi connectivity index (χ1) is 10.3. The van der Waals surface area contributed by atoms with Crippen molar-refractivity contribution < 1.29 is 9.47 Å². The smallest absolute Gasteiger partial charge is 0.149 e. The van der Waals surface area contributed by atoms with E-state index in [1.807, 2.05) is 0 Å². The summed E-state index contributed by atoms with van der Waals surface area (Å²) in [4.78, 5) is 4.52. The Labute approximate surface area is 130 Å². The van der Waals surface area contributed by atoms with Crippen LogP contribution in [0, 0.1) is 23.7 Å². The van der Waals surface area contributed by atoms with Gasteiger partial charge in [-0.15, -0.1) is 0 Å². The van der Waals surface area contributed by atoms with E-state index in [1.54, 1.807) is 0 Å². The molecule has 0 bridgehead atoms. The van der Waals surface area contributed by atoms with Crippen LogP contribution in [0.3, 0.4) is 0 Å². The SMILES string of the molecule is CCN(CC)CC#CCOCOCC#CCN(CC)CC. The lowest BCUT2D eigenvalue weighted by atomic mass is 10.4. The molecule has 0 aromatic rings. The molecule has 4 nitrogen and oxygen atoms in total. The molecule has 0 saturated heterocycles. The molecule has 0 heterocycles. The average Bonchev–Trinajstić information content (AvgIpc) is 2.52. The average molecular weight is 294 g/mol. The standard InChI is InChI=1S/C17H30N2O2/c1-5-18(6-2)13-9-11-15-20-17-21-16-12-10-14-19(7-3)8-4/h5-8,13-17H2,1-4H3. The van der Waals surface area contributed by atoms with E-state index in [2.05, 4.69) is 61.2 Å². The van der Waals surface area contributed by atoms with E-state index in [0.717, 1.165) is 39.3 Å². The highest BCUT2D eigenvalue weighted by Crippen LogP contribution is 1.85. The normalized spacial score (nSPS) is 10.2. The van der Waals surface area contributed by atoms with Crippen molar-refractivity contribution in [3.8, 4) is 23.7 Å². The Morgan fingerprint density at radius 1 is 0.619 bits per heavy atom. The van der Waals surface area contributed by atoms with Crippen molar-refractivity contribution in [2.24, 2.45) is 0 Å². The van der Waals surface area contributed by atoms with E-state index in [0.29, 0.717) is 13.2 Å². The highest BCUT2D eigenvalue weighted by atomic mass is 16.7. The highest BCUT2D eigenvalue weighted by molar-refractivity contribution is 5.02. The fourth-order valence-electron chi connectivity index (χ4n) is 1.58. The molecule has 21 heavy (non-hydrogen) atoms. The molecular formula is C17H30N2O2. The largest absolute Gasteiger partial charge is 0.343 e. The van der Waals surface area contributed by atoms with Gasteiger partial charge >= 0.3 is 0 Å². The first kappa shape index (κ1) is 20.0. The van der Waals surface area contributed by atoms with Gasteiger partial charge in [0.25, 0.3) is 0 Å². The van der Waals surface area contributed by atoms with Crippen molar-refractivity contribution in [2.45, 2.75) is 27.7 Å². The van der Waals surface area contributed by atoms with Gasteiger partial charge in [0, 0.05) is 0 Å². The van der Waals surface area contributed by atoms with Gasteiger partial charge in [0.1, 0.15) is 20.0 Å². The number of ether oxygens (including phenoxy) is 2. The molecule has 4 heteroatoms. The summed E-state index contributed by atoms with van der Waals surface area (Å²) in [6.07, 6.45) is 0. The number of hydrogen-bond donors (Lipinski definition) is 0. The van der Waals surface area contributed by atoms with E-state index < -0.39 is 0 Å². The number of hydrogen-bond acceptors (Lipinski definition) is 4. The Kier molecular flexibility index (Phi) is 14.6. The molecule has 0 aromatic carbocycles. The second kappa shape index (κ2) is 15.4. The topological polar surface area (TPSA) is 24.9 Å². The van der Waals surface area contributed by atoms with Gasteiger partial charge in [0.2, 0.25) is 0 Å². The van der Waals surface area contributed by atoms with Gasteiger partial charge < -0.3 is 9.47 Å². The van der Waals surface area contributed by atoms with Gasteiger partial charge in [-0.2, -0.15) is 0 Å². The lowest BCUT2D eigenvalue weighted by Gasteiger charge is -2.13. The summed E-state index contributed by atoms with van der Waals surface area (Å²) in [5.41, 5.74) is 0. The third-order valence-corrected chi connectivity index (χ3v) is 3.16. The fourth-order valence-corrected chi connectivity index (χ4v) is 1.58. The number of rotatable bonds is 10. The molecule has 0 aliphatic carbocycles. The van der Waals surface area contributed by atoms with Gasteiger partial charge in [-0.1, -0.05) is 51.4 Å². The van der Waals surface area contributed by atoms with Gasteiger partial charge in [-0.3, -0.25) is 9.80 Å². The minimum Gasteiger partial charge on any atom is -0.343 e. The summed E-state index contributed by atoms with van der Waals surface area (Å²) in [6.45, 7) is 15.3. The van der Waals surface area contributed by atoms with Crippen LogP contribution in [0.5, 0.6) is 0 Å². The lowest BCUT2D eigenvalue weighted by Crippen LogP contribution is -2.23. The zero-order valence-corrected chi connectivity index (χ0v) is 14.1. The van der Waals surface area contributed by atoms with Crippen LogP contribution in [0.25, 0.3) is 0 Å². The van der Waals surface area contributed by atoms with Crippen LogP contribution < -0.4 is 0 Å². The summed E-state index contributed by atoms with van der Waals surface area (Å²) in [6, 6.07) is 0. The van der Waals surface area contributed by atoms with Crippen molar-refractivity contribution in [2.75, 3.05) is 59.3 Å². The molecule has 0 atom stereocenters. The fraction of sp³-hybridized carbons (Fsp3) is 0.765. The molecule has 0 radical (unpaired) electrons.